The molecule has 3 heterocycles. The monoisotopic (exact) mass is 405 g/mol. The van der Waals surface area contributed by atoms with Crippen molar-refractivity contribution in [3.8, 4) is 11.3 Å². The van der Waals surface area contributed by atoms with Gasteiger partial charge in [-0.3, -0.25) is 4.79 Å². The molecular formula is C19H24ClN5O3. The van der Waals surface area contributed by atoms with Gasteiger partial charge in [0.05, 0.1) is 25.0 Å². The second kappa shape index (κ2) is 8.60. The Morgan fingerprint density at radius 1 is 1.32 bits per heavy atom. The summed E-state index contributed by atoms with van der Waals surface area (Å²) in [7, 11) is 1.28. The van der Waals surface area contributed by atoms with E-state index in [-0.39, 0.29) is 17.9 Å². The molecule has 28 heavy (non-hydrogen) atoms. The van der Waals surface area contributed by atoms with Crippen LogP contribution in [0.15, 0.2) is 24.5 Å². The summed E-state index contributed by atoms with van der Waals surface area (Å²) in [6.45, 7) is 4.40. The van der Waals surface area contributed by atoms with E-state index in [4.69, 9.17) is 11.6 Å². The van der Waals surface area contributed by atoms with Crippen molar-refractivity contribution >= 4 is 23.6 Å². The summed E-state index contributed by atoms with van der Waals surface area (Å²) in [5, 5.41) is 3.07. The molecule has 0 aromatic carbocycles. The smallest absolute Gasteiger partial charge is 0.407 e. The maximum atomic E-state index is 13.1. The largest absolute Gasteiger partial charge is 0.453 e. The number of aromatic nitrogens is 3. The highest BCUT2D eigenvalue weighted by atomic mass is 35.5. The summed E-state index contributed by atoms with van der Waals surface area (Å²) in [4.78, 5) is 38.4. The van der Waals surface area contributed by atoms with E-state index in [9.17, 15) is 9.59 Å². The molecule has 0 bridgehead atoms. The molecule has 8 nitrogen and oxygen atoms in total. The van der Waals surface area contributed by atoms with Gasteiger partial charge >= 0.3 is 6.09 Å². The van der Waals surface area contributed by atoms with Gasteiger partial charge in [0.15, 0.2) is 0 Å². The SMILES string of the molecule is COC(=O)NC(C(=O)N1CCCC1c1ncc(-c2ccc(Cl)nc2)[nH]1)C(C)C. The van der Waals surface area contributed by atoms with Crippen LogP contribution in [0.1, 0.15) is 38.6 Å². The average Bonchev–Trinajstić information content (AvgIpc) is 3.34. The molecule has 1 saturated heterocycles. The number of H-pyrrole nitrogens is 1. The number of nitrogens with zero attached hydrogens (tertiary/aromatic N) is 3. The topological polar surface area (TPSA) is 100 Å². The first kappa shape index (κ1) is 20.1. The third kappa shape index (κ3) is 4.27. The quantitative estimate of drug-likeness (QED) is 0.744. The number of ether oxygens (including phenoxy) is 1. The number of likely N-dealkylation sites (tertiary alicyclic amines) is 1. The normalized spacial score (nSPS) is 17.6. The number of alkyl carbamates (subject to hydrolysis) is 1. The molecular weight excluding hydrogens is 382 g/mol. The number of methoxy groups -OCH3 is 1. The number of rotatable bonds is 5. The van der Waals surface area contributed by atoms with Crippen molar-refractivity contribution < 1.29 is 14.3 Å². The number of amides is 2. The molecule has 2 aromatic heterocycles. The highest BCUT2D eigenvalue weighted by molar-refractivity contribution is 6.29. The zero-order valence-electron chi connectivity index (χ0n) is 16.1. The van der Waals surface area contributed by atoms with Crippen molar-refractivity contribution in [3.05, 3.63) is 35.5 Å². The van der Waals surface area contributed by atoms with Crippen molar-refractivity contribution in [2.24, 2.45) is 5.92 Å². The molecule has 9 heteroatoms. The third-order valence-corrected chi connectivity index (χ3v) is 5.10. The molecule has 0 saturated carbocycles. The summed E-state index contributed by atoms with van der Waals surface area (Å²) < 4.78 is 4.66. The van der Waals surface area contributed by atoms with Crippen molar-refractivity contribution in [2.45, 2.75) is 38.8 Å². The number of hydrogen-bond donors (Lipinski definition) is 2. The summed E-state index contributed by atoms with van der Waals surface area (Å²) in [5.41, 5.74) is 1.68. The standard InChI is InChI=1S/C19H24ClN5O3/c1-11(2)16(24-19(27)28-3)18(26)25-8-4-5-14(25)17-22-10-13(23-17)12-6-7-15(20)21-9-12/h6-7,9-11,14,16H,4-5,8H2,1-3H3,(H,22,23)(H,24,27). The first-order chi connectivity index (χ1) is 13.4. The summed E-state index contributed by atoms with van der Waals surface area (Å²) in [5.74, 6) is 0.519. The molecule has 150 valence electrons. The summed E-state index contributed by atoms with van der Waals surface area (Å²) >= 11 is 5.84. The van der Waals surface area contributed by atoms with Crippen LogP contribution in [-0.4, -0.2) is 51.5 Å². The maximum Gasteiger partial charge on any atom is 0.407 e. The van der Waals surface area contributed by atoms with Crippen LogP contribution in [-0.2, 0) is 9.53 Å². The average molecular weight is 406 g/mol. The Morgan fingerprint density at radius 2 is 2.11 bits per heavy atom. The first-order valence-corrected chi connectivity index (χ1v) is 9.60. The Hall–Kier alpha value is -2.61. The van der Waals surface area contributed by atoms with Gasteiger partial charge in [0, 0.05) is 18.3 Å². The number of pyridine rings is 1. The lowest BCUT2D eigenvalue weighted by Gasteiger charge is -2.30. The van der Waals surface area contributed by atoms with E-state index in [0.29, 0.717) is 11.7 Å². The molecule has 2 aromatic rings. The van der Waals surface area contributed by atoms with Crippen molar-refractivity contribution in [1.29, 1.82) is 0 Å². The summed E-state index contributed by atoms with van der Waals surface area (Å²) in [6, 6.07) is 2.76. The van der Waals surface area contributed by atoms with Gasteiger partial charge in [0.25, 0.3) is 0 Å². The molecule has 1 fully saturated rings. The first-order valence-electron chi connectivity index (χ1n) is 9.22. The number of halogens is 1. The zero-order chi connectivity index (χ0) is 20.3. The predicted molar refractivity (Wildman–Crippen MR) is 105 cm³/mol. The number of imidazole rings is 1. The molecule has 2 amide bonds. The van der Waals surface area contributed by atoms with E-state index in [1.165, 1.54) is 7.11 Å². The van der Waals surface area contributed by atoms with Crippen LogP contribution in [0.5, 0.6) is 0 Å². The molecule has 2 atom stereocenters. The highest BCUT2D eigenvalue weighted by Gasteiger charge is 2.37. The second-order valence-corrected chi connectivity index (χ2v) is 7.49. The van der Waals surface area contributed by atoms with E-state index >= 15 is 0 Å². The molecule has 2 N–H and O–H groups in total. The molecule has 0 radical (unpaired) electrons. The van der Waals surface area contributed by atoms with Gasteiger partial charge in [0.1, 0.15) is 17.0 Å². The fourth-order valence-corrected chi connectivity index (χ4v) is 3.49. The number of carbonyl (C=O) groups excluding carboxylic acids is 2. The minimum atomic E-state index is -0.650. The van der Waals surface area contributed by atoms with Gasteiger partial charge < -0.3 is 19.9 Å². The van der Waals surface area contributed by atoms with Gasteiger partial charge in [-0.15, -0.1) is 0 Å². The van der Waals surface area contributed by atoms with Crippen LogP contribution in [0.3, 0.4) is 0 Å². The number of nitrogens with one attached hydrogen (secondary N) is 2. The Morgan fingerprint density at radius 3 is 2.75 bits per heavy atom. The summed E-state index contributed by atoms with van der Waals surface area (Å²) in [6.07, 6.45) is 4.47. The fourth-order valence-electron chi connectivity index (χ4n) is 3.38. The Labute approximate surface area is 168 Å². The molecule has 1 aliphatic rings. The van der Waals surface area contributed by atoms with E-state index in [2.05, 4.69) is 25.0 Å². The molecule has 1 aliphatic heterocycles. The fraction of sp³-hybridized carbons (Fsp3) is 0.474. The van der Waals surface area contributed by atoms with Crippen LogP contribution in [0.2, 0.25) is 5.15 Å². The van der Waals surface area contributed by atoms with Crippen LogP contribution in [0.4, 0.5) is 4.79 Å². The molecule has 0 spiro atoms. The van der Waals surface area contributed by atoms with Gasteiger partial charge in [-0.1, -0.05) is 25.4 Å². The van der Waals surface area contributed by atoms with Gasteiger partial charge in [-0.25, -0.2) is 14.8 Å². The van der Waals surface area contributed by atoms with Crippen LogP contribution in [0.25, 0.3) is 11.3 Å². The van der Waals surface area contributed by atoms with E-state index in [1.54, 1.807) is 23.4 Å². The van der Waals surface area contributed by atoms with Crippen LogP contribution in [0, 0.1) is 5.92 Å². The number of carbonyl (C=O) groups is 2. The van der Waals surface area contributed by atoms with Crippen LogP contribution < -0.4 is 5.32 Å². The Bertz CT molecular complexity index is 836. The van der Waals surface area contributed by atoms with E-state index < -0.39 is 12.1 Å². The van der Waals surface area contributed by atoms with E-state index in [0.717, 1.165) is 29.9 Å². The number of aromatic amines is 1. The molecule has 0 aliphatic carbocycles. The lowest BCUT2D eigenvalue weighted by atomic mass is 10.0. The zero-order valence-corrected chi connectivity index (χ0v) is 16.9. The lowest BCUT2D eigenvalue weighted by molar-refractivity contribution is -0.135. The Balaban J connectivity index is 1.79. The lowest BCUT2D eigenvalue weighted by Crippen LogP contribution is -2.51. The highest BCUT2D eigenvalue weighted by Crippen LogP contribution is 2.32. The maximum absolute atomic E-state index is 13.1. The Kier molecular flexibility index (Phi) is 6.18. The number of hydrogen-bond acceptors (Lipinski definition) is 5. The van der Waals surface area contributed by atoms with E-state index in [1.807, 2.05) is 19.9 Å². The van der Waals surface area contributed by atoms with Gasteiger partial charge in [-0.05, 0) is 30.9 Å². The van der Waals surface area contributed by atoms with Crippen LogP contribution >= 0.6 is 11.6 Å². The van der Waals surface area contributed by atoms with Gasteiger partial charge in [0.2, 0.25) is 5.91 Å². The predicted octanol–water partition coefficient (Wildman–Crippen LogP) is 3.17. The third-order valence-electron chi connectivity index (χ3n) is 4.88. The second-order valence-electron chi connectivity index (χ2n) is 7.10. The van der Waals surface area contributed by atoms with Crippen molar-refractivity contribution in [3.63, 3.8) is 0 Å². The van der Waals surface area contributed by atoms with Crippen molar-refractivity contribution in [1.82, 2.24) is 25.2 Å². The minimum absolute atomic E-state index is 0.0693. The molecule has 3 rings (SSSR count). The van der Waals surface area contributed by atoms with Gasteiger partial charge in [-0.2, -0.15) is 0 Å². The van der Waals surface area contributed by atoms with Crippen molar-refractivity contribution in [2.75, 3.05) is 13.7 Å². The molecule has 2 unspecified atom stereocenters. The minimum Gasteiger partial charge on any atom is -0.453 e.